The van der Waals surface area contributed by atoms with E-state index in [1.54, 1.807) is 24.9 Å². The van der Waals surface area contributed by atoms with E-state index in [1.165, 1.54) is 11.3 Å². The number of hydrogen-bond donors (Lipinski definition) is 0. The fraction of sp³-hybridized carbons (Fsp3) is 0.333. The summed E-state index contributed by atoms with van der Waals surface area (Å²) in [7, 11) is 3.22. The number of ether oxygens (including phenoxy) is 3. The van der Waals surface area contributed by atoms with Crippen molar-refractivity contribution in [3.63, 3.8) is 0 Å². The molecule has 0 aliphatic carbocycles. The maximum Gasteiger partial charge on any atom is 0.294 e. The van der Waals surface area contributed by atoms with Gasteiger partial charge in [-0.3, -0.25) is 0 Å². The molecule has 1 aliphatic rings. The number of benzene rings is 1. The average Bonchev–Trinajstić information content (AvgIpc) is 3.66. The maximum atomic E-state index is 9.03. The van der Waals surface area contributed by atoms with E-state index in [0.29, 0.717) is 46.1 Å². The number of nitrogens with zero attached hydrogens (tertiary/aromatic N) is 6. The minimum absolute atomic E-state index is 0.491. The molecule has 0 unspecified atom stereocenters. The second kappa shape index (κ2) is 10.2. The first-order valence-corrected chi connectivity index (χ1v) is 13.2. The molecular weight excluding hydrogens is 504 g/mol. The molecule has 0 amide bonds. The average molecular weight is 531 g/mol. The van der Waals surface area contributed by atoms with Crippen LogP contribution in [0.5, 0.6) is 16.7 Å². The smallest absolute Gasteiger partial charge is 0.294 e. The van der Waals surface area contributed by atoms with Crippen LogP contribution in [0.2, 0.25) is 0 Å². The number of anilines is 1. The zero-order chi connectivity index (χ0) is 26.1. The lowest BCUT2D eigenvalue weighted by molar-refractivity contribution is 0.264. The van der Waals surface area contributed by atoms with Crippen molar-refractivity contribution < 1.29 is 18.6 Å². The van der Waals surface area contributed by atoms with E-state index in [4.69, 9.17) is 23.9 Å². The maximum absolute atomic E-state index is 9.03. The fourth-order valence-corrected chi connectivity index (χ4v) is 5.51. The van der Waals surface area contributed by atoms with Gasteiger partial charge in [0.05, 0.1) is 38.0 Å². The Morgan fingerprint density at radius 3 is 2.89 bits per heavy atom. The van der Waals surface area contributed by atoms with Crippen molar-refractivity contribution in [2.24, 2.45) is 5.92 Å². The molecular formula is C27H26N6O4S. The van der Waals surface area contributed by atoms with Crippen LogP contribution in [0.3, 0.4) is 0 Å². The Bertz CT molecular complexity index is 1590. The van der Waals surface area contributed by atoms with Crippen molar-refractivity contribution in [1.29, 1.82) is 5.26 Å². The van der Waals surface area contributed by atoms with Crippen LogP contribution in [0.15, 0.2) is 47.1 Å². The molecule has 11 heteroatoms. The standard InChI is InChI=1S/C27H26N6O4S/c1-34-19-10-22(36-9-7-17-4-3-8-32(15-17)25-6-5-18(13-28)14-29-25)20-12-24(37-23(20)11-19)21-16-33-26(30-21)38-27(31-33)35-2/h5-6,10-12,14,16-17H,3-4,7-9,15H2,1-2H3/t17-/m0/s1. The number of pyridine rings is 1. The normalized spacial score (nSPS) is 15.6. The summed E-state index contributed by atoms with van der Waals surface area (Å²) in [6.07, 6.45) is 6.62. The molecule has 6 rings (SSSR count). The number of nitriles is 1. The number of rotatable bonds is 8. The Hall–Kier alpha value is -4.30. The predicted molar refractivity (Wildman–Crippen MR) is 143 cm³/mol. The summed E-state index contributed by atoms with van der Waals surface area (Å²) < 4.78 is 24.8. The van der Waals surface area contributed by atoms with E-state index in [9.17, 15) is 0 Å². The van der Waals surface area contributed by atoms with Gasteiger partial charge in [-0.2, -0.15) is 5.26 Å². The number of fused-ring (bicyclic) bond motifs is 2. The van der Waals surface area contributed by atoms with E-state index in [1.807, 2.05) is 36.5 Å². The van der Waals surface area contributed by atoms with Gasteiger partial charge in [0, 0.05) is 31.4 Å². The minimum atomic E-state index is 0.491. The zero-order valence-corrected chi connectivity index (χ0v) is 21.9. The van der Waals surface area contributed by atoms with Crippen LogP contribution in [0.4, 0.5) is 5.82 Å². The van der Waals surface area contributed by atoms with Crippen LogP contribution >= 0.6 is 11.3 Å². The highest BCUT2D eigenvalue weighted by atomic mass is 32.1. The molecule has 0 spiro atoms. The molecule has 1 aliphatic heterocycles. The van der Waals surface area contributed by atoms with Gasteiger partial charge in [0.2, 0.25) is 4.96 Å². The largest absolute Gasteiger partial charge is 0.496 e. The third kappa shape index (κ3) is 4.70. The van der Waals surface area contributed by atoms with Gasteiger partial charge in [0.25, 0.3) is 5.19 Å². The van der Waals surface area contributed by atoms with Crippen molar-refractivity contribution >= 4 is 33.1 Å². The van der Waals surface area contributed by atoms with Gasteiger partial charge >= 0.3 is 0 Å². The number of furan rings is 1. The number of methoxy groups -OCH3 is 2. The molecule has 5 heterocycles. The molecule has 10 nitrogen and oxygen atoms in total. The number of imidazole rings is 1. The summed E-state index contributed by atoms with van der Waals surface area (Å²) in [6, 6.07) is 11.6. The number of hydrogen-bond acceptors (Lipinski definition) is 10. The molecule has 0 bridgehead atoms. The summed E-state index contributed by atoms with van der Waals surface area (Å²) in [4.78, 5) is 12.1. The van der Waals surface area contributed by atoms with Gasteiger partial charge < -0.3 is 23.5 Å². The molecule has 4 aromatic heterocycles. The van der Waals surface area contributed by atoms with Gasteiger partial charge in [-0.1, -0.05) is 0 Å². The summed E-state index contributed by atoms with van der Waals surface area (Å²) in [5.41, 5.74) is 1.94. The third-order valence-electron chi connectivity index (χ3n) is 6.76. The highest BCUT2D eigenvalue weighted by molar-refractivity contribution is 7.18. The van der Waals surface area contributed by atoms with Crippen LogP contribution in [-0.2, 0) is 0 Å². The first-order valence-electron chi connectivity index (χ1n) is 12.4. The highest BCUT2D eigenvalue weighted by Gasteiger charge is 2.22. The summed E-state index contributed by atoms with van der Waals surface area (Å²) in [6.45, 7) is 2.46. The van der Waals surface area contributed by atoms with E-state index in [0.717, 1.165) is 54.3 Å². The second-order valence-corrected chi connectivity index (χ2v) is 10.1. The third-order valence-corrected chi connectivity index (χ3v) is 7.65. The van der Waals surface area contributed by atoms with Gasteiger partial charge in [-0.15, -0.1) is 5.10 Å². The molecule has 1 fully saturated rings. The zero-order valence-electron chi connectivity index (χ0n) is 21.1. The molecule has 0 radical (unpaired) electrons. The SMILES string of the molecule is COc1cc(OCC[C@@H]2CCCN(c3ccc(C#N)cn3)C2)c2cc(-c3cn4nc(OC)sc4n3)oc2c1. The van der Waals surface area contributed by atoms with Crippen LogP contribution in [0, 0.1) is 17.2 Å². The Morgan fingerprint density at radius 2 is 2.13 bits per heavy atom. The summed E-state index contributed by atoms with van der Waals surface area (Å²) >= 11 is 1.37. The van der Waals surface area contributed by atoms with Gasteiger partial charge in [-0.25, -0.2) is 14.5 Å². The van der Waals surface area contributed by atoms with E-state index in [-0.39, 0.29) is 0 Å². The Labute approximate surface area is 223 Å². The van der Waals surface area contributed by atoms with E-state index >= 15 is 0 Å². The van der Waals surface area contributed by atoms with Crippen LogP contribution in [0.1, 0.15) is 24.8 Å². The summed E-state index contributed by atoms with van der Waals surface area (Å²) in [5.74, 6) is 3.43. The lowest BCUT2D eigenvalue weighted by Gasteiger charge is -2.33. The van der Waals surface area contributed by atoms with E-state index in [2.05, 4.69) is 26.0 Å². The van der Waals surface area contributed by atoms with Crippen molar-refractivity contribution in [1.82, 2.24) is 19.6 Å². The quantitative estimate of drug-likeness (QED) is 0.268. The van der Waals surface area contributed by atoms with Gasteiger partial charge in [0.1, 0.15) is 34.7 Å². The fourth-order valence-electron chi connectivity index (χ4n) is 4.81. The number of piperidine rings is 1. The molecule has 0 saturated carbocycles. The van der Waals surface area contributed by atoms with Crippen molar-refractivity contribution in [2.45, 2.75) is 19.3 Å². The lowest BCUT2D eigenvalue weighted by Crippen LogP contribution is -2.36. The number of aromatic nitrogens is 4. The van der Waals surface area contributed by atoms with Crippen molar-refractivity contribution in [3.05, 3.63) is 48.3 Å². The van der Waals surface area contributed by atoms with Crippen LogP contribution in [-0.4, -0.2) is 53.5 Å². The highest BCUT2D eigenvalue weighted by Crippen LogP contribution is 2.37. The molecule has 38 heavy (non-hydrogen) atoms. The first-order chi connectivity index (χ1) is 18.6. The first kappa shape index (κ1) is 24.1. The topological polar surface area (TPSA) is 111 Å². The van der Waals surface area contributed by atoms with Gasteiger partial charge in [-0.05, 0) is 54.7 Å². The Balaban J connectivity index is 1.16. The lowest BCUT2D eigenvalue weighted by atomic mass is 9.95. The van der Waals surface area contributed by atoms with Gasteiger partial charge in [0.15, 0.2) is 5.76 Å². The second-order valence-electron chi connectivity index (χ2n) is 9.18. The molecule has 1 saturated heterocycles. The molecule has 5 aromatic rings. The molecule has 0 N–H and O–H groups in total. The van der Waals surface area contributed by atoms with Crippen molar-refractivity contribution in [2.75, 3.05) is 38.8 Å². The minimum Gasteiger partial charge on any atom is -0.496 e. The molecule has 1 aromatic carbocycles. The Morgan fingerprint density at radius 1 is 1.21 bits per heavy atom. The van der Waals surface area contributed by atoms with Crippen molar-refractivity contribution in [3.8, 4) is 34.2 Å². The van der Waals surface area contributed by atoms with Crippen LogP contribution < -0.4 is 19.1 Å². The molecule has 1 atom stereocenters. The van der Waals surface area contributed by atoms with E-state index < -0.39 is 0 Å². The summed E-state index contributed by atoms with van der Waals surface area (Å²) in [5, 5.41) is 14.8. The van der Waals surface area contributed by atoms with Crippen LogP contribution in [0.25, 0.3) is 27.4 Å². The monoisotopic (exact) mass is 530 g/mol. The Kier molecular flexibility index (Phi) is 6.47. The predicted octanol–water partition coefficient (Wildman–Crippen LogP) is 5.17. The molecule has 194 valence electrons.